The van der Waals surface area contributed by atoms with E-state index in [2.05, 4.69) is 16.7 Å². The number of hydrogen-bond acceptors (Lipinski definition) is 2. The molecule has 3 rings (SSSR count). The Kier molecular flexibility index (Phi) is 4.01. The zero-order valence-electron chi connectivity index (χ0n) is 11.8. The van der Waals surface area contributed by atoms with E-state index in [0.29, 0.717) is 0 Å². The van der Waals surface area contributed by atoms with Crippen LogP contribution in [0.25, 0.3) is 6.08 Å². The zero-order chi connectivity index (χ0) is 14.5. The highest BCUT2D eigenvalue weighted by Crippen LogP contribution is 2.25. The Morgan fingerprint density at radius 2 is 2.00 bits per heavy atom. The van der Waals surface area contributed by atoms with Gasteiger partial charge in [-0.2, -0.15) is 0 Å². The molecule has 0 aliphatic carbocycles. The van der Waals surface area contributed by atoms with Crippen molar-refractivity contribution < 1.29 is 4.79 Å². The van der Waals surface area contributed by atoms with Crippen molar-refractivity contribution in [2.24, 2.45) is 0 Å². The molecule has 3 nitrogen and oxygen atoms in total. The van der Waals surface area contributed by atoms with Gasteiger partial charge in [0.2, 0.25) is 5.91 Å². The van der Waals surface area contributed by atoms with Crippen molar-refractivity contribution in [2.45, 2.75) is 12.8 Å². The highest BCUT2D eigenvalue weighted by molar-refractivity contribution is 6.02. The summed E-state index contributed by atoms with van der Waals surface area (Å²) in [6.07, 6.45) is 5.64. The highest BCUT2D eigenvalue weighted by atomic mass is 16.1. The van der Waals surface area contributed by atoms with Gasteiger partial charge < -0.3 is 10.6 Å². The van der Waals surface area contributed by atoms with Crippen molar-refractivity contribution in [3.63, 3.8) is 0 Å². The van der Waals surface area contributed by atoms with Gasteiger partial charge in [0.05, 0.1) is 0 Å². The van der Waals surface area contributed by atoms with Gasteiger partial charge in [0.25, 0.3) is 0 Å². The Morgan fingerprint density at radius 3 is 2.86 bits per heavy atom. The summed E-state index contributed by atoms with van der Waals surface area (Å²) < 4.78 is 0. The molecule has 1 amide bonds. The van der Waals surface area contributed by atoms with Crippen LogP contribution in [0, 0.1) is 0 Å². The molecule has 0 saturated heterocycles. The van der Waals surface area contributed by atoms with Crippen molar-refractivity contribution >= 4 is 23.4 Å². The number of carbonyl (C=O) groups is 1. The van der Waals surface area contributed by atoms with Gasteiger partial charge in [0, 0.05) is 24.0 Å². The van der Waals surface area contributed by atoms with Crippen LogP contribution in [0.3, 0.4) is 0 Å². The topological polar surface area (TPSA) is 41.1 Å². The maximum absolute atomic E-state index is 11.9. The van der Waals surface area contributed by atoms with Crippen LogP contribution >= 0.6 is 0 Å². The largest absolute Gasteiger partial charge is 0.385 e. The fraction of sp³-hybridized carbons (Fsp3) is 0.167. The number of nitrogens with one attached hydrogen (secondary N) is 2. The molecule has 0 radical (unpaired) electrons. The number of rotatable bonds is 3. The van der Waals surface area contributed by atoms with Crippen molar-refractivity contribution in [1.29, 1.82) is 0 Å². The van der Waals surface area contributed by atoms with E-state index in [1.54, 1.807) is 6.08 Å². The molecule has 2 N–H and O–H groups in total. The molecule has 1 heterocycles. The van der Waals surface area contributed by atoms with E-state index < -0.39 is 0 Å². The number of carbonyl (C=O) groups excluding carboxylic acids is 1. The first kappa shape index (κ1) is 13.4. The van der Waals surface area contributed by atoms with Crippen molar-refractivity contribution in [1.82, 2.24) is 0 Å². The smallest absolute Gasteiger partial charge is 0.248 e. The van der Waals surface area contributed by atoms with Gasteiger partial charge in [-0.25, -0.2) is 0 Å². The summed E-state index contributed by atoms with van der Waals surface area (Å²) in [6, 6.07) is 15.8. The Labute approximate surface area is 124 Å². The van der Waals surface area contributed by atoms with Crippen LogP contribution in [0.1, 0.15) is 17.5 Å². The van der Waals surface area contributed by atoms with Crippen molar-refractivity contribution in [2.75, 3.05) is 17.2 Å². The van der Waals surface area contributed by atoms with Gasteiger partial charge in [-0.1, -0.05) is 36.4 Å². The van der Waals surface area contributed by atoms with Gasteiger partial charge in [-0.3, -0.25) is 4.79 Å². The van der Waals surface area contributed by atoms with Gasteiger partial charge >= 0.3 is 0 Å². The molecule has 21 heavy (non-hydrogen) atoms. The van der Waals surface area contributed by atoms with Crippen molar-refractivity contribution in [3.05, 3.63) is 65.7 Å². The van der Waals surface area contributed by atoms with Crippen LogP contribution in [0.15, 0.2) is 54.6 Å². The molecular weight excluding hydrogens is 260 g/mol. The fourth-order valence-corrected chi connectivity index (χ4v) is 2.46. The second-order valence-electron chi connectivity index (χ2n) is 5.14. The second kappa shape index (κ2) is 6.27. The summed E-state index contributed by atoms with van der Waals surface area (Å²) in [7, 11) is 0. The van der Waals surface area contributed by atoms with E-state index in [1.165, 1.54) is 12.0 Å². The molecule has 0 unspecified atom stereocenters. The quantitative estimate of drug-likeness (QED) is 0.841. The number of aryl methyl sites for hydroxylation is 1. The Balaban J connectivity index is 1.66. The summed E-state index contributed by atoms with van der Waals surface area (Å²) in [5, 5.41) is 6.26. The summed E-state index contributed by atoms with van der Waals surface area (Å²) >= 11 is 0. The average molecular weight is 278 g/mol. The van der Waals surface area contributed by atoms with Crippen LogP contribution in [0.5, 0.6) is 0 Å². The molecule has 0 spiro atoms. The third kappa shape index (κ3) is 3.51. The molecular formula is C18H18N2O. The van der Waals surface area contributed by atoms with Crippen LogP contribution in [0.2, 0.25) is 0 Å². The molecule has 106 valence electrons. The first-order chi connectivity index (χ1) is 10.3. The number of hydrogen-bond donors (Lipinski definition) is 2. The van der Waals surface area contributed by atoms with E-state index in [0.717, 1.165) is 29.9 Å². The van der Waals surface area contributed by atoms with Gasteiger partial charge in [-0.05, 0) is 42.2 Å². The van der Waals surface area contributed by atoms with Crippen LogP contribution < -0.4 is 10.6 Å². The van der Waals surface area contributed by atoms with E-state index in [-0.39, 0.29) is 5.91 Å². The van der Waals surface area contributed by atoms with Crippen LogP contribution in [-0.4, -0.2) is 12.5 Å². The highest BCUT2D eigenvalue weighted by Gasteiger charge is 2.09. The minimum atomic E-state index is -0.116. The first-order valence-corrected chi connectivity index (χ1v) is 7.22. The summed E-state index contributed by atoms with van der Waals surface area (Å²) in [4.78, 5) is 11.9. The third-order valence-corrected chi connectivity index (χ3v) is 3.54. The monoisotopic (exact) mass is 278 g/mol. The molecule has 0 saturated carbocycles. The molecule has 0 atom stereocenters. The minimum Gasteiger partial charge on any atom is -0.385 e. The summed E-state index contributed by atoms with van der Waals surface area (Å²) in [5.41, 5.74) is 4.29. The number of fused-ring (bicyclic) bond motifs is 1. The third-order valence-electron chi connectivity index (χ3n) is 3.54. The normalized spacial score (nSPS) is 13.5. The SMILES string of the molecule is O=C(C=Cc1ccccc1)Nc1ccc2c(c1)NCCC2. The van der Waals surface area contributed by atoms with E-state index >= 15 is 0 Å². The van der Waals surface area contributed by atoms with E-state index in [4.69, 9.17) is 0 Å². The first-order valence-electron chi connectivity index (χ1n) is 7.22. The number of benzene rings is 2. The summed E-state index contributed by atoms with van der Waals surface area (Å²) in [5.74, 6) is -0.116. The maximum atomic E-state index is 11.9. The van der Waals surface area contributed by atoms with Gasteiger partial charge in [-0.15, -0.1) is 0 Å². The molecule has 3 heteroatoms. The average Bonchev–Trinajstić information content (AvgIpc) is 2.54. The van der Waals surface area contributed by atoms with Gasteiger partial charge in [0.15, 0.2) is 0 Å². The molecule has 0 fully saturated rings. The molecule has 2 aromatic carbocycles. The van der Waals surface area contributed by atoms with Gasteiger partial charge in [0.1, 0.15) is 0 Å². The maximum Gasteiger partial charge on any atom is 0.248 e. The zero-order valence-corrected chi connectivity index (χ0v) is 11.8. The lowest BCUT2D eigenvalue weighted by molar-refractivity contribution is -0.111. The van der Waals surface area contributed by atoms with Crippen LogP contribution in [-0.2, 0) is 11.2 Å². The minimum absolute atomic E-state index is 0.116. The number of amides is 1. The van der Waals surface area contributed by atoms with E-state index in [1.807, 2.05) is 48.5 Å². The molecule has 0 aromatic heterocycles. The molecule has 2 aromatic rings. The van der Waals surface area contributed by atoms with Crippen molar-refractivity contribution in [3.8, 4) is 0 Å². The standard InChI is InChI=1S/C18H18N2O/c21-18(11-8-14-5-2-1-3-6-14)20-16-10-9-15-7-4-12-19-17(15)13-16/h1-3,5-6,8-11,13,19H,4,7,12H2,(H,20,21). The Bertz CT molecular complexity index is 662. The predicted molar refractivity (Wildman–Crippen MR) is 87.4 cm³/mol. The van der Waals surface area contributed by atoms with E-state index in [9.17, 15) is 4.79 Å². The fourth-order valence-electron chi connectivity index (χ4n) is 2.46. The van der Waals surface area contributed by atoms with Crippen LogP contribution in [0.4, 0.5) is 11.4 Å². The molecule has 1 aliphatic rings. The molecule has 0 bridgehead atoms. The summed E-state index contributed by atoms with van der Waals surface area (Å²) in [6.45, 7) is 0.998. The predicted octanol–water partition coefficient (Wildman–Crippen LogP) is 3.70. The Hall–Kier alpha value is -2.55. The number of anilines is 2. The molecule has 1 aliphatic heterocycles. The lowest BCUT2D eigenvalue weighted by Crippen LogP contribution is -2.13. The second-order valence-corrected chi connectivity index (χ2v) is 5.14. The lowest BCUT2D eigenvalue weighted by atomic mass is 10.0. The Morgan fingerprint density at radius 1 is 1.14 bits per heavy atom. The lowest BCUT2D eigenvalue weighted by Gasteiger charge is -2.18.